The first kappa shape index (κ1) is 9.83. The van der Waals surface area contributed by atoms with Crippen LogP contribution in [0.2, 0.25) is 0 Å². The first-order valence-electron chi connectivity index (χ1n) is 4.82. The summed E-state index contributed by atoms with van der Waals surface area (Å²) < 4.78 is 10.2. The van der Waals surface area contributed by atoms with E-state index in [-0.39, 0.29) is 18.2 Å². The molecule has 2 rings (SSSR count). The third kappa shape index (κ3) is 1.88. The topological polar surface area (TPSA) is 47.6 Å². The van der Waals surface area contributed by atoms with Gasteiger partial charge in [-0.05, 0) is 24.6 Å². The molecule has 0 spiro atoms. The van der Waals surface area contributed by atoms with E-state index in [1.54, 1.807) is 7.11 Å². The van der Waals surface area contributed by atoms with E-state index in [0.29, 0.717) is 0 Å². The number of carbonyl (C=O) groups is 1. The average Bonchev–Trinajstić information content (AvgIpc) is 2.58. The van der Waals surface area contributed by atoms with Crippen molar-refractivity contribution in [3.63, 3.8) is 0 Å². The van der Waals surface area contributed by atoms with Crippen LogP contribution in [0.15, 0.2) is 24.3 Å². The minimum Gasteiger partial charge on any atom is -0.497 e. The molecule has 15 heavy (non-hydrogen) atoms. The molecule has 0 aliphatic carbocycles. The van der Waals surface area contributed by atoms with Crippen LogP contribution in [0.4, 0.5) is 4.79 Å². The number of amides is 1. The maximum Gasteiger partial charge on any atom is 0.408 e. The third-order valence-corrected chi connectivity index (χ3v) is 2.48. The number of alkyl carbamates (subject to hydrolysis) is 1. The van der Waals surface area contributed by atoms with Gasteiger partial charge in [-0.25, -0.2) is 4.79 Å². The molecular weight excluding hydrogens is 194 g/mol. The zero-order valence-electron chi connectivity index (χ0n) is 8.69. The minimum absolute atomic E-state index is 0.00546. The Bertz CT molecular complexity index is 361. The van der Waals surface area contributed by atoms with E-state index < -0.39 is 0 Å². The molecule has 1 saturated heterocycles. The van der Waals surface area contributed by atoms with Crippen LogP contribution in [-0.2, 0) is 4.74 Å². The lowest BCUT2D eigenvalue weighted by molar-refractivity contribution is 0.134. The SMILES string of the molecule is COc1ccc([C@H]2OC(=O)N[C@H]2C)cc1. The highest BCUT2D eigenvalue weighted by atomic mass is 16.6. The first-order valence-corrected chi connectivity index (χ1v) is 4.82. The highest BCUT2D eigenvalue weighted by molar-refractivity contribution is 5.70. The van der Waals surface area contributed by atoms with E-state index >= 15 is 0 Å². The Kier molecular flexibility index (Phi) is 2.49. The number of carbonyl (C=O) groups excluding carboxylic acids is 1. The number of cyclic esters (lactones) is 1. The maximum absolute atomic E-state index is 11.0. The number of methoxy groups -OCH3 is 1. The van der Waals surface area contributed by atoms with Crippen LogP contribution in [-0.4, -0.2) is 19.2 Å². The number of benzene rings is 1. The van der Waals surface area contributed by atoms with Gasteiger partial charge in [0.1, 0.15) is 11.9 Å². The summed E-state index contributed by atoms with van der Waals surface area (Å²) in [6, 6.07) is 7.52. The van der Waals surface area contributed by atoms with Gasteiger partial charge in [0.25, 0.3) is 0 Å². The van der Waals surface area contributed by atoms with Crippen molar-refractivity contribution >= 4 is 6.09 Å². The molecule has 80 valence electrons. The Labute approximate surface area is 88.2 Å². The standard InChI is InChI=1S/C11H13NO3/c1-7-10(15-11(13)12-7)8-3-5-9(14-2)6-4-8/h3-7,10H,1-2H3,(H,12,13)/t7-,10-/m0/s1. The predicted molar refractivity (Wildman–Crippen MR) is 54.8 cm³/mol. The van der Waals surface area contributed by atoms with Crippen LogP contribution in [0.25, 0.3) is 0 Å². The lowest BCUT2D eigenvalue weighted by Crippen LogP contribution is -2.23. The molecule has 4 nitrogen and oxygen atoms in total. The number of rotatable bonds is 2. The van der Waals surface area contributed by atoms with Crippen molar-refractivity contribution in [3.8, 4) is 5.75 Å². The van der Waals surface area contributed by atoms with Gasteiger partial charge in [0.15, 0.2) is 0 Å². The van der Waals surface area contributed by atoms with E-state index in [1.807, 2.05) is 31.2 Å². The summed E-state index contributed by atoms with van der Waals surface area (Å²) in [4.78, 5) is 11.0. The Morgan fingerprint density at radius 2 is 2.00 bits per heavy atom. The van der Waals surface area contributed by atoms with E-state index in [2.05, 4.69) is 5.32 Å². The predicted octanol–water partition coefficient (Wildman–Crippen LogP) is 1.86. The van der Waals surface area contributed by atoms with Crippen LogP contribution in [0.1, 0.15) is 18.6 Å². The maximum atomic E-state index is 11.0. The van der Waals surface area contributed by atoms with Gasteiger partial charge in [-0.15, -0.1) is 0 Å². The van der Waals surface area contributed by atoms with Crippen molar-refractivity contribution in [3.05, 3.63) is 29.8 Å². The molecule has 0 saturated carbocycles. The summed E-state index contributed by atoms with van der Waals surface area (Å²) in [6.07, 6.45) is -0.563. The summed E-state index contributed by atoms with van der Waals surface area (Å²) in [5.41, 5.74) is 0.974. The molecule has 1 aromatic carbocycles. The molecule has 1 fully saturated rings. The van der Waals surface area contributed by atoms with Crippen LogP contribution >= 0.6 is 0 Å². The van der Waals surface area contributed by atoms with E-state index in [0.717, 1.165) is 11.3 Å². The smallest absolute Gasteiger partial charge is 0.408 e. The molecule has 2 atom stereocenters. The summed E-state index contributed by atoms with van der Waals surface area (Å²) in [5.74, 6) is 0.795. The lowest BCUT2D eigenvalue weighted by Gasteiger charge is -2.13. The quantitative estimate of drug-likeness (QED) is 0.805. The summed E-state index contributed by atoms with van der Waals surface area (Å²) in [6.45, 7) is 1.92. The van der Waals surface area contributed by atoms with Crippen molar-refractivity contribution in [2.75, 3.05) is 7.11 Å². The molecule has 1 aromatic rings. The van der Waals surface area contributed by atoms with Crippen LogP contribution in [0.5, 0.6) is 5.75 Å². The van der Waals surface area contributed by atoms with Gasteiger partial charge >= 0.3 is 6.09 Å². The fraction of sp³-hybridized carbons (Fsp3) is 0.364. The van der Waals surface area contributed by atoms with Crippen molar-refractivity contribution in [2.24, 2.45) is 0 Å². The zero-order chi connectivity index (χ0) is 10.8. The largest absolute Gasteiger partial charge is 0.497 e. The second kappa shape index (κ2) is 3.81. The first-order chi connectivity index (χ1) is 7.20. The Morgan fingerprint density at radius 3 is 2.47 bits per heavy atom. The summed E-state index contributed by atoms with van der Waals surface area (Å²) >= 11 is 0. The molecule has 1 aliphatic rings. The molecule has 1 N–H and O–H groups in total. The molecule has 1 heterocycles. The Hall–Kier alpha value is -1.71. The van der Waals surface area contributed by atoms with Gasteiger partial charge in [0, 0.05) is 0 Å². The molecule has 4 heteroatoms. The number of nitrogens with one attached hydrogen (secondary N) is 1. The molecule has 0 aromatic heterocycles. The number of ether oxygens (including phenoxy) is 2. The van der Waals surface area contributed by atoms with Gasteiger partial charge in [0.05, 0.1) is 13.2 Å². The zero-order valence-corrected chi connectivity index (χ0v) is 8.69. The minimum atomic E-state index is -0.358. The van der Waals surface area contributed by atoms with Gasteiger partial charge in [-0.2, -0.15) is 0 Å². The van der Waals surface area contributed by atoms with Gasteiger partial charge in [-0.3, -0.25) is 0 Å². The van der Waals surface area contributed by atoms with E-state index in [4.69, 9.17) is 9.47 Å². The summed E-state index contributed by atoms with van der Waals surface area (Å²) in [7, 11) is 1.62. The molecule has 0 unspecified atom stereocenters. The Morgan fingerprint density at radius 1 is 1.33 bits per heavy atom. The van der Waals surface area contributed by atoms with Gasteiger partial charge in [0.2, 0.25) is 0 Å². The van der Waals surface area contributed by atoms with Crippen molar-refractivity contribution in [1.82, 2.24) is 5.32 Å². The highest BCUT2D eigenvalue weighted by Crippen LogP contribution is 2.27. The number of hydrogen-bond acceptors (Lipinski definition) is 3. The summed E-state index contributed by atoms with van der Waals surface area (Å²) in [5, 5.41) is 2.70. The second-order valence-corrected chi connectivity index (χ2v) is 3.53. The molecule has 0 bridgehead atoms. The van der Waals surface area contributed by atoms with Gasteiger partial charge in [-0.1, -0.05) is 12.1 Å². The monoisotopic (exact) mass is 207 g/mol. The molecule has 0 radical (unpaired) electrons. The lowest BCUT2D eigenvalue weighted by atomic mass is 10.0. The molecule has 1 aliphatic heterocycles. The van der Waals surface area contributed by atoms with Crippen LogP contribution in [0, 0.1) is 0 Å². The van der Waals surface area contributed by atoms with E-state index in [9.17, 15) is 4.79 Å². The highest BCUT2D eigenvalue weighted by Gasteiger charge is 2.31. The van der Waals surface area contributed by atoms with Crippen molar-refractivity contribution in [2.45, 2.75) is 19.1 Å². The normalized spacial score (nSPS) is 24.5. The molecule has 1 amide bonds. The number of hydrogen-bond donors (Lipinski definition) is 1. The second-order valence-electron chi connectivity index (χ2n) is 3.53. The fourth-order valence-corrected chi connectivity index (χ4v) is 1.66. The van der Waals surface area contributed by atoms with Crippen LogP contribution < -0.4 is 10.1 Å². The molecular formula is C11H13NO3. The van der Waals surface area contributed by atoms with E-state index in [1.165, 1.54) is 0 Å². The van der Waals surface area contributed by atoms with Gasteiger partial charge < -0.3 is 14.8 Å². The van der Waals surface area contributed by atoms with Crippen molar-refractivity contribution in [1.29, 1.82) is 0 Å². The average molecular weight is 207 g/mol. The van der Waals surface area contributed by atoms with Crippen LogP contribution in [0.3, 0.4) is 0 Å². The van der Waals surface area contributed by atoms with Crippen molar-refractivity contribution < 1.29 is 14.3 Å². The fourth-order valence-electron chi connectivity index (χ4n) is 1.66. The Balaban J connectivity index is 2.19. The third-order valence-electron chi connectivity index (χ3n) is 2.48.